The maximum atomic E-state index is 10.00. The lowest BCUT2D eigenvalue weighted by atomic mass is 9.87. The van der Waals surface area contributed by atoms with Crippen LogP contribution < -0.4 is 0 Å². The van der Waals surface area contributed by atoms with Crippen LogP contribution in [0, 0.1) is 11.3 Å². The summed E-state index contributed by atoms with van der Waals surface area (Å²) in [5, 5.41) is 0. The first kappa shape index (κ1) is 19.7. The summed E-state index contributed by atoms with van der Waals surface area (Å²) >= 11 is 0. The zero-order valence-corrected chi connectivity index (χ0v) is 14.7. The van der Waals surface area contributed by atoms with Gasteiger partial charge in [0.05, 0.1) is 0 Å². The SMILES string of the molecule is CC(C)C(C)c1ccccc1.CCC(OC=O)C(C)(C)C. The van der Waals surface area contributed by atoms with Crippen molar-refractivity contribution in [2.24, 2.45) is 11.3 Å². The molecule has 2 heteroatoms. The van der Waals surface area contributed by atoms with Crippen molar-refractivity contribution in [3.8, 4) is 0 Å². The van der Waals surface area contributed by atoms with E-state index in [1.54, 1.807) is 0 Å². The van der Waals surface area contributed by atoms with Crippen LogP contribution in [-0.4, -0.2) is 12.6 Å². The van der Waals surface area contributed by atoms with Crippen LogP contribution in [0.2, 0.25) is 0 Å². The summed E-state index contributed by atoms with van der Waals surface area (Å²) in [5.74, 6) is 1.41. The van der Waals surface area contributed by atoms with Gasteiger partial charge in [-0.05, 0) is 29.2 Å². The lowest BCUT2D eigenvalue weighted by molar-refractivity contribution is -0.139. The van der Waals surface area contributed by atoms with Crippen LogP contribution in [0.25, 0.3) is 0 Å². The van der Waals surface area contributed by atoms with E-state index >= 15 is 0 Å². The average molecular weight is 292 g/mol. The Bertz CT molecular complexity index is 376. The summed E-state index contributed by atoms with van der Waals surface area (Å²) in [4.78, 5) is 10.00. The summed E-state index contributed by atoms with van der Waals surface area (Å²) in [6.45, 7) is 15.5. The highest BCUT2D eigenvalue weighted by atomic mass is 16.5. The second kappa shape index (κ2) is 9.59. The number of carbonyl (C=O) groups excluding carboxylic acids is 1. The van der Waals surface area contributed by atoms with Gasteiger partial charge in [0, 0.05) is 0 Å². The minimum atomic E-state index is 0.0463. The first-order valence-electron chi connectivity index (χ1n) is 7.88. The lowest BCUT2D eigenvalue weighted by Gasteiger charge is -2.27. The van der Waals surface area contributed by atoms with Gasteiger partial charge in [0.2, 0.25) is 0 Å². The molecule has 0 spiro atoms. The van der Waals surface area contributed by atoms with E-state index in [0.29, 0.717) is 12.4 Å². The maximum absolute atomic E-state index is 10.00. The molecule has 0 amide bonds. The van der Waals surface area contributed by atoms with Crippen LogP contribution in [0.4, 0.5) is 0 Å². The summed E-state index contributed by atoms with van der Waals surface area (Å²) in [6.07, 6.45) is 0.924. The minimum Gasteiger partial charge on any atom is -0.464 e. The molecule has 0 aliphatic rings. The molecule has 120 valence electrons. The molecular weight excluding hydrogens is 260 g/mol. The topological polar surface area (TPSA) is 26.3 Å². The zero-order valence-electron chi connectivity index (χ0n) is 14.7. The highest BCUT2D eigenvalue weighted by Crippen LogP contribution is 2.24. The van der Waals surface area contributed by atoms with E-state index in [1.807, 2.05) is 6.92 Å². The van der Waals surface area contributed by atoms with Gasteiger partial charge in [-0.25, -0.2) is 0 Å². The van der Waals surface area contributed by atoms with Gasteiger partial charge in [0.25, 0.3) is 6.47 Å². The van der Waals surface area contributed by atoms with Crippen molar-refractivity contribution < 1.29 is 9.53 Å². The first-order chi connectivity index (χ1) is 9.73. The molecule has 0 N–H and O–H groups in total. The highest BCUT2D eigenvalue weighted by molar-refractivity contribution is 5.37. The number of hydrogen-bond acceptors (Lipinski definition) is 2. The molecule has 0 fully saturated rings. The number of carbonyl (C=O) groups is 1. The van der Waals surface area contributed by atoms with Crippen molar-refractivity contribution in [3.05, 3.63) is 35.9 Å². The Morgan fingerprint density at radius 3 is 1.90 bits per heavy atom. The Labute approximate surface area is 130 Å². The molecule has 2 unspecified atom stereocenters. The quantitative estimate of drug-likeness (QED) is 0.676. The number of hydrogen-bond donors (Lipinski definition) is 0. The molecule has 0 radical (unpaired) electrons. The number of rotatable bonds is 5. The standard InChI is InChI=1S/C11H16.C8H16O2/c1-9(2)10(3)11-7-5-4-6-8-11;1-5-7(10-6-9)8(2,3)4/h4-10H,1-3H3;6-7H,5H2,1-4H3. The molecule has 2 atom stereocenters. The van der Waals surface area contributed by atoms with Crippen molar-refractivity contribution in [2.75, 3.05) is 0 Å². The third-order valence-corrected chi connectivity index (χ3v) is 3.88. The van der Waals surface area contributed by atoms with Crippen LogP contribution in [0.3, 0.4) is 0 Å². The summed E-state index contributed by atoms with van der Waals surface area (Å²) in [7, 11) is 0. The van der Waals surface area contributed by atoms with Crippen molar-refractivity contribution in [3.63, 3.8) is 0 Å². The molecule has 0 aromatic heterocycles. The second-order valence-electron chi connectivity index (χ2n) is 6.94. The van der Waals surface area contributed by atoms with Gasteiger partial charge >= 0.3 is 0 Å². The minimum absolute atomic E-state index is 0.0463. The predicted molar refractivity (Wildman–Crippen MR) is 90.4 cm³/mol. The van der Waals surface area contributed by atoms with Crippen molar-refractivity contribution in [2.45, 2.75) is 66.9 Å². The fourth-order valence-electron chi connectivity index (χ4n) is 2.12. The van der Waals surface area contributed by atoms with Crippen LogP contribution in [0.15, 0.2) is 30.3 Å². The molecule has 0 saturated heterocycles. The molecule has 0 saturated carbocycles. The molecular formula is C19H32O2. The van der Waals surface area contributed by atoms with Gasteiger partial charge in [0.15, 0.2) is 0 Å². The van der Waals surface area contributed by atoms with Gasteiger partial charge in [0.1, 0.15) is 6.10 Å². The van der Waals surface area contributed by atoms with Crippen molar-refractivity contribution in [1.29, 1.82) is 0 Å². The normalized spacial score (nSPS) is 13.9. The van der Waals surface area contributed by atoms with Crippen molar-refractivity contribution in [1.82, 2.24) is 0 Å². The molecule has 0 bridgehead atoms. The van der Waals surface area contributed by atoms with Crippen LogP contribution >= 0.6 is 0 Å². The van der Waals surface area contributed by atoms with Gasteiger partial charge in [-0.2, -0.15) is 0 Å². The van der Waals surface area contributed by atoms with Gasteiger partial charge in [-0.15, -0.1) is 0 Å². The largest absolute Gasteiger partial charge is 0.464 e. The van der Waals surface area contributed by atoms with E-state index < -0.39 is 0 Å². The Morgan fingerprint density at radius 2 is 1.62 bits per heavy atom. The van der Waals surface area contributed by atoms with Gasteiger partial charge in [-0.1, -0.05) is 78.8 Å². The van der Waals surface area contributed by atoms with Crippen LogP contribution in [0.1, 0.15) is 66.4 Å². The van der Waals surface area contributed by atoms with Gasteiger partial charge < -0.3 is 4.74 Å². The van der Waals surface area contributed by atoms with Crippen LogP contribution in [0.5, 0.6) is 0 Å². The molecule has 21 heavy (non-hydrogen) atoms. The third-order valence-electron chi connectivity index (χ3n) is 3.88. The van der Waals surface area contributed by atoms with E-state index in [0.717, 1.165) is 12.3 Å². The second-order valence-corrected chi connectivity index (χ2v) is 6.94. The lowest BCUT2D eigenvalue weighted by Crippen LogP contribution is -2.28. The summed E-state index contributed by atoms with van der Waals surface area (Å²) < 4.78 is 4.88. The van der Waals surface area contributed by atoms with E-state index in [2.05, 4.69) is 71.9 Å². The van der Waals surface area contributed by atoms with E-state index in [9.17, 15) is 4.79 Å². The molecule has 2 nitrogen and oxygen atoms in total. The number of benzene rings is 1. The first-order valence-corrected chi connectivity index (χ1v) is 7.88. The Kier molecular flexibility index (Phi) is 9.00. The van der Waals surface area contributed by atoms with E-state index in [-0.39, 0.29) is 11.5 Å². The highest BCUT2D eigenvalue weighted by Gasteiger charge is 2.23. The Hall–Kier alpha value is -1.31. The molecule has 1 aromatic carbocycles. The monoisotopic (exact) mass is 292 g/mol. The molecule has 1 aromatic rings. The molecule has 0 aliphatic carbocycles. The smallest absolute Gasteiger partial charge is 0.293 e. The number of ether oxygens (including phenoxy) is 1. The molecule has 0 heterocycles. The van der Waals surface area contributed by atoms with Crippen LogP contribution in [-0.2, 0) is 9.53 Å². The maximum Gasteiger partial charge on any atom is 0.293 e. The van der Waals surface area contributed by atoms with E-state index in [4.69, 9.17) is 4.74 Å². The fourth-order valence-corrected chi connectivity index (χ4v) is 2.12. The zero-order chi connectivity index (χ0) is 16.5. The molecule has 1 rings (SSSR count). The fraction of sp³-hybridized carbons (Fsp3) is 0.632. The summed E-state index contributed by atoms with van der Waals surface area (Å²) in [5.41, 5.74) is 1.51. The van der Waals surface area contributed by atoms with E-state index in [1.165, 1.54) is 5.56 Å². The van der Waals surface area contributed by atoms with Gasteiger partial charge in [-0.3, -0.25) is 4.79 Å². The molecule has 0 aliphatic heterocycles. The average Bonchev–Trinajstić information content (AvgIpc) is 2.44. The van der Waals surface area contributed by atoms with Crippen molar-refractivity contribution >= 4 is 6.47 Å². The Balaban J connectivity index is 0.000000384. The summed E-state index contributed by atoms with van der Waals surface area (Å²) in [6, 6.07) is 10.7. The Morgan fingerprint density at radius 1 is 1.10 bits per heavy atom. The predicted octanol–water partition coefficient (Wildman–Crippen LogP) is 5.43. The third kappa shape index (κ3) is 7.89.